The fraction of sp³-hybridized carbons (Fsp3) is 0.265. The number of aliphatic imine (C=N–C) groups is 1. The Morgan fingerprint density at radius 3 is 2.26 bits per heavy atom. The van der Waals surface area contributed by atoms with Crippen molar-refractivity contribution in [2.24, 2.45) is 4.99 Å². The minimum atomic E-state index is -4.58. The third kappa shape index (κ3) is 6.86. The maximum absolute atomic E-state index is 13.8. The number of morpholine rings is 1. The van der Waals surface area contributed by atoms with Gasteiger partial charge in [0.2, 0.25) is 6.54 Å². The maximum atomic E-state index is 13.8. The zero-order chi connectivity index (χ0) is 33.1. The molecule has 1 N–H and O–H groups in total. The highest BCUT2D eigenvalue weighted by Gasteiger charge is 2.34. The first-order chi connectivity index (χ1) is 22.6. The van der Waals surface area contributed by atoms with E-state index in [0.29, 0.717) is 49.1 Å². The Balaban J connectivity index is 1.62. The lowest BCUT2D eigenvalue weighted by Crippen LogP contribution is -2.37. The van der Waals surface area contributed by atoms with Gasteiger partial charge in [0, 0.05) is 41.6 Å². The summed E-state index contributed by atoms with van der Waals surface area (Å²) in [6.07, 6.45) is -6.37. The van der Waals surface area contributed by atoms with Crippen LogP contribution in [0.1, 0.15) is 45.3 Å². The minimum absolute atomic E-state index is 0.00249. The first-order valence-corrected chi connectivity index (χ1v) is 15.0. The Bertz CT molecular complexity index is 1880. The normalized spacial score (nSPS) is 14.3. The quantitative estimate of drug-likeness (QED) is 0.119. The lowest BCUT2D eigenvalue weighted by Gasteiger charge is -2.28. The van der Waals surface area contributed by atoms with Gasteiger partial charge in [0.25, 0.3) is 0 Å². The largest absolute Gasteiger partial charge is 0.416 e. The van der Waals surface area contributed by atoms with E-state index in [2.05, 4.69) is 4.98 Å². The second kappa shape index (κ2) is 13.3. The molecule has 0 spiro atoms. The summed E-state index contributed by atoms with van der Waals surface area (Å²) in [5.41, 5.74) is 2.53. The second-order valence-electron chi connectivity index (χ2n) is 11.2. The maximum Gasteiger partial charge on any atom is 0.416 e. The number of aliphatic hydroxyl groups is 1. The molecular weight excluding hydrogens is 613 g/mol. The van der Waals surface area contributed by atoms with E-state index in [0.717, 1.165) is 17.2 Å². The fourth-order valence-electron chi connectivity index (χ4n) is 5.71. The van der Waals surface area contributed by atoms with Crippen molar-refractivity contribution in [1.29, 1.82) is 0 Å². The lowest BCUT2D eigenvalue weighted by molar-refractivity contribution is -0.491. The molecule has 3 heterocycles. The van der Waals surface area contributed by atoms with Crippen LogP contribution < -0.4 is 4.90 Å². The first-order valence-electron chi connectivity index (χ1n) is 15.0. The van der Waals surface area contributed by atoms with Gasteiger partial charge in [0.1, 0.15) is 11.4 Å². The number of hydrogen-bond donors (Lipinski definition) is 1. The summed E-state index contributed by atoms with van der Waals surface area (Å²) >= 11 is 0. The van der Waals surface area contributed by atoms with Gasteiger partial charge in [-0.25, -0.2) is 14.5 Å². The van der Waals surface area contributed by atoms with Gasteiger partial charge in [-0.2, -0.15) is 13.2 Å². The number of fused-ring (bicyclic) bond motifs is 1. The number of alkyl halides is 3. The monoisotopic (exact) mass is 644 g/mol. The SMILES string of the molecule is Cc1c(Cc2c(C(O)C[N+](=O)[O-])nc3c(N=C(c4ccccc4)c4ccccc4)cc(N4CCOCC4)nn23)cccc1C(F)(F)F. The second-order valence-corrected chi connectivity index (χ2v) is 11.2. The zero-order valence-corrected chi connectivity index (χ0v) is 25.4. The summed E-state index contributed by atoms with van der Waals surface area (Å²) < 4.78 is 48.5. The number of aromatic nitrogens is 3. The van der Waals surface area contributed by atoms with Gasteiger partial charge in [0.15, 0.2) is 17.6 Å². The zero-order valence-electron chi connectivity index (χ0n) is 25.4. The van der Waals surface area contributed by atoms with Gasteiger partial charge >= 0.3 is 6.18 Å². The average molecular weight is 645 g/mol. The van der Waals surface area contributed by atoms with Crippen LogP contribution >= 0.6 is 0 Å². The summed E-state index contributed by atoms with van der Waals surface area (Å²) in [7, 11) is 0. The molecule has 47 heavy (non-hydrogen) atoms. The molecule has 3 aromatic carbocycles. The predicted octanol–water partition coefficient (Wildman–Crippen LogP) is 5.96. The van der Waals surface area contributed by atoms with E-state index >= 15 is 0 Å². The molecular formula is C34H31F3N6O4. The lowest BCUT2D eigenvalue weighted by atomic mass is 9.97. The number of anilines is 1. The van der Waals surface area contributed by atoms with Gasteiger partial charge in [0.05, 0.1) is 30.2 Å². The van der Waals surface area contributed by atoms with E-state index in [-0.39, 0.29) is 29.0 Å². The van der Waals surface area contributed by atoms with Crippen molar-refractivity contribution in [3.63, 3.8) is 0 Å². The number of nitro groups is 1. The van der Waals surface area contributed by atoms with Gasteiger partial charge < -0.3 is 14.7 Å². The Kier molecular flexibility index (Phi) is 9.01. The van der Waals surface area contributed by atoms with Crippen molar-refractivity contribution >= 4 is 22.9 Å². The molecule has 10 nitrogen and oxygen atoms in total. The topological polar surface area (TPSA) is 118 Å². The number of benzene rings is 3. The summed E-state index contributed by atoms with van der Waals surface area (Å²) in [5, 5.41) is 27.4. The molecule has 1 unspecified atom stereocenters. The van der Waals surface area contributed by atoms with Crippen molar-refractivity contribution < 1.29 is 27.9 Å². The Morgan fingerprint density at radius 2 is 1.66 bits per heavy atom. The average Bonchev–Trinajstić information content (AvgIpc) is 3.43. The van der Waals surface area contributed by atoms with E-state index in [1.165, 1.54) is 17.5 Å². The Morgan fingerprint density at radius 1 is 1.02 bits per heavy atom. The summed E-state index contributed by atoms with van der Waals surface area (Å²) in [6.45, 7) is 2.50. The van der Waals surface area contributed by atoms with Crippen LogP contribution in [0.15, 0.2) is 89.9 Å². The Labute approximate surface area is 267 Å². The molecule has 13 heteroatoms. The van der Waals surface area contributed by atoms with E-state index in [1.54, 1.807) is 12.1 Å². The molecule has 0 bridgehead atoms. The fourth-order valence-corrected chi connectivity index (χ4v) is 5.71. The number of aliphatic hydroxyl groups excluding tert-OH is 1. The summed E-state index contributed by atoms with van der Waals surface area (Å²) in [6, 6.07) is 24.7. The Hall–Kier alpha value is -5.14. The van der Waals surface area contributed by atoms with Gasteiger partial charge in [-0.05, 0) is 24.1 Å². The van der Waals surface area contributed by atoms with E-state index in [1.807, 2.05) is 65.6 Å². The predicted molar refractivity (Wildman–Crippen MR) is 170 cm³/mol. The van der Waals surface area contributed by atoms with Crippen LogP contribution in [0.2, 0.25) is 0 Å². The van der Waals surface area contributed by atoms with Crippen molar-refractivity contribution in [3.8, 4) is 0 Å². The molecule has 242 valence electrons. The van der Waals surface area contributed by atoms with Gasteiger partial charge in [-0.3, -0.25) is 10.1 Å². The van der Waals surface area contributed by atoms with Crippen LogP contribution in [0, 0.1) is 17.0 Å². The van der Waals surface area contributed by atoms with Gasteiger partial charge in [-0.15, -0.1) is 5.10 Å². The van der Waals surface area contributed by atoms with Crippen molar-refractivity contribution in [1.82, 2.24) is 14.6 Å². The highest BCUT2D eigenvalue weighted by Crippen LogP contribution is 2.36. The highest BCUT2D eigenvalue weighted by atomic mass is 19.4. The van der Waals surface area contributed by atoms with Gasteiger partial charge in [-0.1, -0.05) is 72.8 Å². The molecule has 2 aromatic heterocycles. The summed E-state index contributed by atoms with van der Waals surface area (Å²) in [4.78, 5) is 22.6. The smallest absolute Gasteiger partial charge is 0.380 e. The number of rotatable bonds is 9. The molecule has 1 aliphatic rings. The molecule has 1 aliphatic heterocycles. The van der Waals surface area contributed by atoms with E-state index < -0.39 is 29.3 Å². The molecule has 1 saturated heterocycles. The number of hydrogen-bond acceptors (Lipinski definition) is 8. The highest BCUT2D eigenvalue weighted by molar-refractivity contribution is 6.14. The number of ether oxygens (including phenoxy) is 1. The molecule has 0 radical (unpaired) electrons. The molecule has 6 rings (SSSR count). The molecule has 1 atom stereocenters. The van der Waals surface area contributed by atoms with Crippen LogP contribution in [0.4, 0.5) is 24.7 Å². The summed E-state index contributed by atoms with van der Waals surface area (Å²) in [5.74, 6) is 0.509. The molecule has 0 saturated carbocycles. The van der Waals surface area contributed by atoms with Crippen LogP contribution in [-0.2, 0) is 17.3 Å². The van der Waals surface area contributed by atoms with Crippen LogP contribution in [0.3, 0.4) is 0 Å². The van der Waals surface area contributed by atoms with Crippen molar-refractivity contribution in [3.05, 3.63) is 134 Å². The minimum Gasteiger partial charge on any atom is -0.380 e. The molecule has 5 aromatic rings. The van der Waals surface area contributed by atoms with E-state index in [4.69, 9.17) is 14.8 Å². The molecule has 1 fully saturated rings. The molecule has 0 amide bonds. The first kappa shape index (κ1) is 31.8. The van der Waals surface area contributed by atoms with Crippen molar-refractivity contribution in [2.45, 2.75) is 25.6 Å². The van der Waals surface area contributed by atoms with Crippen LogP contribution in [0.25, 0.3) is 5.65 Å². The van der Waals surface area contributed by atoms with Crippen LogP contribution in [0.5, 0.6) is 0 Å². The van der Waals surface area contributed by atoms with Crippen LogP contribution in [-0.4, -0.2) is 63.2 Å². The van der Waals surface area contributed by atoms with E-state index in [9.17, 15) is 28.4 Å². The standard InChI is InChI=1S/C34H31F3N6O4/c1-22-25(13-8-14-26(22)34(35,36)37)19-28-32(29(44)21-42(45)46)39-33-27(20-30(40-43(28)33)41-15-17-47-18-16-41)38-31(23-9-4-2-5-10-23)24-11-6-3-7-12-24/h2-14,20,29,44H,15-19,21H2,1H3. The third-order valence-corrected chi connectivity index (χ3v) is 8.08. The van der Waals surface area contributed by atoms with Crippen molar-refractivity contribution in [2.75, 3.05) is 37.7 Å². The number of imidazole rings is 1. The molecule has 0 aliphatic carbocycles. The number of nitrogens with zero attached hydrogens (tertiary/aromatic N) is 6. The third-order valence-electron chi connectivity index (χ3n) is 8.08. The number of halogens is 3.